The molecule has 0 unspecified atom stereocenters. The molecule has 0 aliphatic heterocycles. The van der Waals surface area contributed by atoms with E-state index in [1.807, 2.05) is 24.3 Å². The second-order valence-electron chi connectivity index (χ2n) is 4.16. The van der Waals surface area contributed by atoms with Gasteiger partial charge in [0, 0.05) is 15.1 Å². The highest BCUT2D eigenvalue weighted by Crippen LogP contribution is 2.18. The van der Waals surface area contributed by atoms with E-state index in [-0.39, 0.29) is 5.91 Å². The van der Waals surface area contributed by atoms with Crippen molar-refractivity contribution >= 4 is 40.1 Å². The van der Waals surface area contributed by atoms with Gasteiger partial charge >= 0.3 is 0 Å². The molecule has 0 atom stereocenters. The van der Waals surface area contributed by atoms with Crippen LogP contribution in [0.15, 0.2) is 42.5 Å². The predicted molar refractivity (Wildman–Crippen MR) is 88.3 cm³/mol. The standard InChI is InChI=1S/C15H13ClINO2/c1-20-12-4-2-3-10(7-12)9-18-15(19)13-6-5-11(16)8-14(13)17/h2-8H,9H2,1H3,(H,18,19). The smallest absolute Gasteiger partial charge is 0.252 e. The van der Waals surface area contributed by atoms with Crippen molar-refractivity contribution < 1.29 is 9.53 Å². The van der Waals surface area contributed by atoms with Crippen molar-refractivity contribution in [2.24, 2.45) is 0 Å². The Hall–Kier alpha value is -1.27. The molecule has 1 N–H and O–H groups in total. The topological polar surface area (TPSA) is 38.3 Å². The van der Waals surface area contributed by atoms with Crippen LogP contribution in [0.4, 0.5) is 0 Å². The number of hydrogen-bond acceptors (Lipinski definition) is 2. The van der Waals surface area contributed by atoms with Gasteiger partial charge in [-0.25, -0.2) is 0 Å². The molecule has 0 saturated carbocycles. The van der Waals surface area contributed by atoms with Crippen LogP contribution in [0.25, 0.3) is 0 Å². The minimum Gasteiger partial charge on any atom is -0.497 e. The number of ether oxygens (including phenoxy) is 1. The first-order chi connectivity index (χ1) is 9.60. The summed E-state index contributed by atoms with van der Waals surface area (Å²) in [5.74, 6) is 0.659. The third kappa shape index (κ3) is 3.86. The third-order valence-corrected chi connectivity index (χ3v) is 3.89. The molecule has 0 aromatic heterocycles. The molecular weight excluding hydrogens is 389 g/mol. The number of nitrogens with one attached hydrogen (secondary N) is 1. The van der Waals surface area contributed by atoms with Gasteiger partial charge in [-0.05, 0) is 58.5 Å². The van der Waals surface area contributed by atoms with E-state index in [0.717, 1.165) is 14.9 Å². The van der Waals surface area contributed by atoms with Gasteiger partial charge < -0.3 is 10.1 Å². The number of methoxy groups -OCH3 is 1. The Balaban J connectivity index is 2.04. The van der Waals surface area contributed by atoms with Gasteiger partial charge in [0.1, 0.15) is 5.75 Å². The zero-order valence-electron chi connectivity index (χ0n) is 10.8. The number of rotatable bonds is 4. The molecule has 0 bridgehead atoms. The zero-order chi connectivity index (χ0) is 14.5. The first-order valence-corrected chi connectivity index (χ1v) is 7.42. The Morgan fingerprint density at radius 1 is 1.30 bits per heavy atom. The Bertz CT molecular complexity index is 631. The van der Waals surface area contributed by atoms with Crippen molar-refractivity contribution in [1.29, 1.82) is 0 Å². The molecule has 0 saturated heterocycles. The highest BCUT2D eigenvalue weighted by atomic mass is 127. The zero-order valence-corrected chi connectivity index (χ0v) is 13.7. The fourth-order valence-corrected chi connectivity index (χ4v) is 2.85. The molecule has 20 heavy (non-hydrogen) atoms. The van der Waals surface area contributed by atoms with E-state index in [1.54, 1.807) is 25.3 Å². The summed E-state index contributed by atoms with van der Waals surface area (Å²) in [6.45, 7) is 0.453. The minimum absolute atomic E-state index is 0.117. The number of hydrogen-bond donors (Lipinski definition) is 1. The van der Waals surface area contributed by atoms with Crippen LogP contribution >= 0.6 is 34.2 Å². The average molecular weight is 402 g/mol. The van der Waals surface area contributed by atoms with Crippen LogP contribution in [0, 0.1) is 3.57 Å². The van der Waals surface area contributed by atoms with Crippen molar-refractivity contribution in [1.82, 2.24) is 5.32 Å². The quantitative estimate of drug-likeness (QED) is 0.790. The SMILES string of the molecule is COc1cccc(CNC(=O)c2ccc(Cl)cc2I)c1. The molecule has 0 aliphatic carbocycles. The van der Waals surface area contributed by atoms with E-state index >= 15 is 0 Å². The number of carbonyl (C=O) groups is 1. The van der Waals surface area contributed by atoms with Gasteiger partial charge in [-0.3, -0.25) is 4.79 Å². The summed E-state index contributed by atoms with van der Waals surface area (Å²) in [6.07, 6.45) is 0. The monoisotopic (exact) mass is 401 g/mol. The van der Waals surface area contributed by atoms with Gasteiger partial charge in [0.15, 0.2) is 0 Å². The summed E-state index contributed by atoms with van der Waals surface area (Å²) in [5, 5.41) is 3.51. The van der Waals surface area contributed by atoms with E-state index in [9.17, 15) is 4.79 Å². The number of amides is 1. The highest BCUT2D eigenvalue weighted by molar-refractivity contribution is 14.1. The highest BCUT2D eigenvalue weighted by Gasteiger charge is 2.10. The fraction of sp³-hybridized carbons (Fsp3) is 0.133. The van der Waals surface area contributed by atoms with Crippen molar-refractivity contribution in [2.45, 2.75) is 6.54 Å². The van der Waals surface area contributed by atoms with E-state index in [1.165, 1.54) is 0 Å². The number of benzene rings is 2. The van der Waals surface area contributed by atoms with Crippen LogP contribution in [-0.4, -0.2) is 13.0 Å². The minimum atomic E-state index is -0.117. The van der Waals surface area contributed by atoms with Crippen LogP contribution in [-0.2, 0) is 6.54 Å². The Labute approximate surface area is 136 Å². The summed E-state index contributed by atoms with van der Waals surface area (Å²) in [7, 11) is 1.62. The number of carbonyl (C=O) groups excluding carboxylic acids is 1. The summed E-state index contributed by atoms with van der Waals surface area (Å²) >= 11 is 7.98. The molecule has 2 rings (SSSR count). The second-order valence-corrected chi connectivity index (χ2v) is 5.76. The first kappa shape index (κ1) is 15.1. The van der Waals surface area contributed by atoms with Crippen LogP contribution in [0.1, 0.15) is 15.9 Å². The molecule has 2 aromatic carbocycles. The normalized spacial score (nSPS) is 10.2. The lowest BCUT2D eigenvalue weighted by Gasteiger charge is -2.08. The van der Waals surface area contributed by atoms with Crippen LogP contribution < -0.4 is 10.1 Å². The summed E-state index contributed by atoms with van der Waals surface area (Å²) < 4.78 is 5.98. The van der Waals surface area contributed by atoms with Crippen molar-refractivity contribution in [3.05, 3.63) is 62.2 Å². The largest absolute Gasteiger partial charge is 0.497 e. The van der Waals surface area contributed by atoms with Crippen molar-refractivity contribution in [3.63, 3.8) is 0 Å². The lowest BCUT2D eigenvalue weighted by atomic mass is 10.2. The van der Waals surface area contributed by atoms with Gasteiger partial charge in [-0.1, -0.05) is 23.7 Å². The van der Waals surface area contributed by atoms with Gasteiger partial charge in [-0.2, -0.15) is 0 Å². The molecule has 0 radical (unpaired) electrons. The molecule has 104 valence electrons. The lowest BCUT2D eigenvalue weighted by Crippen LogP contribution is -2.23. The maximum absolute atomic E-state index is 12.1. The third-order valence-electron chi connectivity index (χ3n) is 2.76. The molecule has 3 nitrogen and oxygen atoms in total. The molecule has 1 amide bonds. The first-order valence-electron chi connectivity index (χ1n) is 5.96. The molecule has 0 aliphatic rings. The Morgan fingerprint density at radius 3 is 2.80 bits per heavy atom. The summed E-state index contributed by atoms with van der Waals surface area (Å²) in [6, 6.07) is 12.8. The fourth-order valence-electron chi connectivity index (χ4n) is 1.73. The van der Waals surface area contributed by atoms with Crippen LogP contribution in [0.2, 0.25) is 5.02 Å². The van der Waals surface area contributed by atoms with Gasteiger partial charge in [0.2, 0.25) is 0 Å². The molecule has 5 heteroatoms. The van der Waals surface area contributed by atoms with Gasteiger partial charge in [0.25, 0.3) is 5.91 Å². The molecule has 0 fully saturated rings. The number of halogens is 2. The second kappa shape index (κ2) is 6.95. The van der Waals surface area contributed by atoms with Crippen molar-refractivity contribution in [2.75, 3.05) is 7.11 Å². The Morgan fingerprint density at radius 2 is 2.10 bits per heavy atom. The molecule has 2 aromatic rings. The van der Waals surface area contributed by atoms with E-state index in [2.05, 4.69) is 27.9 Å². The molecular formula is C15H13ClINO2. The molecule has 0 heterocycles. The Kier molecular flexibility index (Phi) is 5.25. The maximum atomic E-state index is 12.1. The van der Waals surface area contributed by atoms with Crippen LogP contribution in [0.3, 0.4) is 0 Å². The lowest BCUT2D eigenvalue weighted by molar-refractivity contribution is 0.0950. The molecule has 0 spiro atoms. The predicted octanol–water partition coefficient (Wildman–Crippen LogP) is 3.88. The van der Waals surface area contributed by atoms with E-state index in [4.69, 9.17) is 16.3 Å². The van der Waals surface area contributed by atoms with E-state index < -0.39 is 0 Å². The summed E-state index contributed by atoms with van der Waals surface area (Å²) in [4.78, 5) is 12.1. The maximum Gasteiger partial charge on any atom is 0.252 e. The van der Waals surface area contributed by atoms with E-state index in [0.29, 0.717) is 17.1 Å². The van der Waals surface area contributed by atoms with Crippen molar-refractivity contribution in [3.8, 4) is 5.75 Å². The van der Waals surface area contributed by atoms with Gasteiger partial charge in [0.05, 0.1) is 12.7 Å². The summed E-state index contributed by atoms with van der Waals surface area (Å²) in [5.41, 5.74) is 1.61. The van der Waals surface area contributed by atoms with Gasteiger partial charge in [-0.15, -0.1) is 0 Å². The van der Waals surface area contributed by atoms with Crippen LogP contribution in [0.5, 0.6) is 5.75 Å². The average Bonchev–Trinajstić information content (AvgIpc) is 2.45.